The molecule has 0 bridgehead atoms. The lowest BCUT2D eigenvalue weighted by Gasteiger charge is -2.16. The number of aliphatic hydroxyl groups excluding tert-OH is 1. The van der Waals surface area contributed by atoms with Crippen LogP contribution in [0.2, 0.25) is 0 Å². The molecule has 0 aliphatic carbocycles. The summed E-state index contributed by atoms with van der Waals surface area (Å²) in [5, 5.41) is 10.4. The molecule has 0 fully saturated rings. The summed E-state index contributed by atoms with van der Waals surface area (Å²) >= 11 is 1.21. The minimum atomic E-state index is -3.51. The van der Waals surface area contributed by atoms with Crippen LogP contribution < -0.4 is 0 Å². The Bertz CT molecular complexity index is 484. The number of nitrogens with zero attached hydrogens (tertiary/aromatic N) is 1. The first-order valence-electron chi connectivity index (χ1n) is 4.68. The number of terminal acetylenes is 1. The number of hydrogen-bond acceptors (Lipinski definition) is 4. The fraction of sp³-hybridized carbons (Fsp3) is 0.400. The SMILES string of the molecule is C#CCN(CC)S(=O)(=O)c1csc(CO)c1. The van der Waals surface area contributed by atoms with Gasteiger partial charge in [-0.3, -0.25) is 0 Å². The normalized spacial score (nSPS) is 11.6. The fourth-order valence-electron chi connectivity index (χ4n) is 1.20. The van der Waals surface area contributed by atoms with Gasteiger partial charge in [0.2, 0.25) is 10.0 Å². The van der Waals surface area contributed by atoms with E-state index in [1.165, 1.54) is 27.1 Å². The summed E-state index contributed by atoms with van der Waals surface area (Å²) in [4.78, 5) is 0.814. The highest BCUT2D eigenvalue weighted by molar-refractivity contribution is 7.89. The second kappa shape index (κ2) is 5.46. The van der Waals surface area contributed by atoms with Gasteiger partial charge in [-0.05, 0) is 6.07 Å². The molecule has 1 heterocycles. The van der Waals surface area contributed by atoms with Gasteiger partial charge >= 0.3 is 0 Å². The van der Waals surface area contributed by atoms with E-state index in [0.717, 1.165) is 0 Å². The maximum atomic E-state index is 12.0. The smallest absolute Gasteiger partial charge is 0.244 e. The maximum absolute atomic E-state index is 12.0. The summed E-state index contributed by atoms with van der Waals surface area (Å²) in [7, 11) is -3.51. The molecule has 0 amide bonds. The molecule has 0 spiro atoms. The van der Waals surface area contributed by atoms with Gasteiger partial charge in [-0.15, -0.1) is 17.8 Å². The zero-order valence-electron chi connectivity index (χ0n) is 8.88. The molecule has 4 nitrogen and oxygen atoms in total. The molecule has 0 atom stereocenters. The molecule has 0 aromatic carbocycles. The Balaban J connectivity index is 3.05. The van der Waals surface area contributed by atoms with E-state index >= 15 is 0 Å². The largest absolute Gasteiger partial charge is 0.391 e. The second-order valence-electron chi connectivity index (χ2n) is 3.04. The van der Waals surface area contributed by atoms with Crippen molar-refractivity contribution in [3.05, 3.63) is 16.3 Å². The Labute approximate surface area is 99.6 Å². The third-order valence-electron chi connectivity index (χ3n) is 2.04. The van der Waals surface area contributed by atoms with Crippen LogP contribution in [0.1, 0.15) is 11.8 Å². The van der Waals surface area contributed by atoms with Gasteiger partial charge in [0.15, 0.2) is 0 Å². The lowest BCUT2D eigenvalue weighted by atomic mass is 10.5. The number of rotatable bonds is 5. The number of hydrogen-bond donors (Lipinski definition) is 1. The predicted molar refractivity (Wildman–Crippen MR) is 63.5 cm³/mol. The van der Waals surface area contributed by atoms with E-state index < -0.39 is 10.0 Å². The van der Waals surface area contributed by atoms with Crippen LogP contribution in [0, 0.1) is 12.3 Å². The zero-order valence-corrected chi connectivity index (χ0v) is 10.5. The van der Waals surface area contributed by atoms with Crippen molar-refractivity contribution in [3.8, 4) is 12.3 Å². The first kappa shape index (κ1) is 13.2. The molecule has 0 saturated carbocycles. The topological polar surface area (TPSA) is 57.6 Å². The highest BCUT2D eigenvalue weighted by atomic mass is 32.2. The molecule has 16 heavy (non-hydrogen) atoms. The molecule has 1 N–H and O–H groups in total. The highest BCUT2D eigenvalue weighted by Crippen LogP contribution is 2.22. The minimum absolute atomic E-state index is 0.0587. The summed E-state index contributed by atoms with van der Waals surface area (Å²) in [6.45, 7) is 1.97. The van der Waals surface area contributed by atoms with E-state index in [2.05, 4.69) is 5.92 Å². The molecule has 6 heteroatoms. The number of aliphatic hydroxyl groups is 1. The minimum Gasteiger partial charge on any atom is -0.391 e. The van der Waals surface area contributed by atoms with Gasteiger partial charge in [0.25, 0.3) is 0 Å². The van der Waals surface area contributed by atoms with Gasteiger partial charge in [-0.1, -0.05) is 12.8 Å². The molecule has 1 aromatic heterocycles. The Morgan fingerprint density at radius 3 is 2.75 bits per heavy atom. The molecular formula is C10H13NO3S2. The van der Waals surface area contributed by atoms with Crippen LogP contribution in [0.15, 0.2) is 16.3 Å². The van der Waals surface area contributed by atoms with Crippen molar-refractivity contribution < 1.29 is 13.5 Å². The maximum Gasteiger partial charge on any atom is 0.244 e. The van der Waals surface area contributed by atoms with Crippen molar-refractivity contribution in [3.63, 3.8) is 0 Å². The van der Waals surface area contributed by atoms with Gasteiger partial charge in [-0.25, -0.2) is 8.42 Å². The number of thiophene rings is 1. The summed E-state index contributed by atoms with van der Waals surface area (Å²) in [5.74, 6) is 2.32. The second-order valence-corrected chi connectivity index (χ2v) is 5.98. The van der Waals surface area contributed by atoms with E-state index in [9.17, 15) is 8.42 Å². The van der Waals surface area contributed by atoms with Crippen LogP contribution in [0.25, 0.3) is 0 Å². The first-order valence-corrected chi connectivity index (χ1v) is 7.00. The summed E-state index contributed by atoms with van der Waals surface area (Å²) < 4.78 is 25.3. The van der Waals surface area contributed by atoms with Crippen LogP contribution in [0.3, 0.4) is 0 Å². The Morgan fingerprint density at radius 2 is 2.31 bits per heavy atom. The average molecular weight is 259 g/mol. The molecule has 1 rings (SSSR count). The Hall–Kier alpha value is -0.870. The van der Waals surface area contributed by atoms with Crippen LogP contribution in [0.4, 0.5) is 0 Å². The highest BCUT2D eigenvalue weighted by Gasteiger charge is 2.23. The number of sulfonamides is 1. The van der Waals surface area contributed by atoms with Gasteiger partial charge in [0, 0.05) is 16.8 Å². The van der Waals surface area contributed by atoms with Crippen molar-refractivity contribution >= 4 is 21.4 Å². The molecular weight excluding hydrogens is 246 g/mol. The monoisotopic (exact) mass is 259 g/mol. The molecule has 0 aliphatic heterocycles. The lowest BCUT2D eigenvalue weighted by Crippen LogP contribution is -2.30. The third-order valence-corrected chi connectivity index (χ3v) is 5.01. The van der Waals surface area contributed by atoms with Crippen LogP contribution in [0.5, 0.6) is 0 Å². The third kappa shape index (κ3) is 2.62. The molecule has 0 aliphatic rings. The van der Waals surface area contributed by atoms with Crippen LogP contribution >= 0.6 is 11.3 Å². The van der Waals surface area contributed by atoms with Gasteiger partial charge in [-0.2, -0.15) is 4.31 Å². The van der Waals surface area contributed by atoms with Crippen molar-refractivity contribution in [1.29, 1.82) is 0 Å². The standard InChI is InChI=1S/C10H13NO3S2/c1-3-5-11(4-2)16(13,14)10-6-9(7-12)15-8-10/h1,6,8,12H,4-5,7H2,2H3. The first-order chi connectivity index (χ1) is 7.56. The Morgan fingerprint density at radius 1 is 1.62 bits per heavy atom. The summed E-state index contributed by atoms with van der Waals surface area (Å²) in [6, 6.07) is 1.47. The van der Waals surface area contributed by atoms with Gasteiger partial charge in [0.1, 0.15) is 0 Å². The van der Waals surface area contributed by atoms with Crippen LogP contribution in [-0.2, 0) is 16.6 Å². The van der Waals surface area contributed by atoms with Gasteiger partial charge < -0.3 is 5.11 Å². The van der Waals surface area contributed by atoms with E-state index in [-0.39, 0.29) is 18.0 Å². The molecule has 0 saturated heterocycles. The summed E-state index contributed by atoms with van der Waals surface area (Å²) in [5.41, 5.74) is 0. The Kier molecular flexibility index (Phi) is 4.50. The molecule has 0 radical (unpaired) electrons. The molecule has 1 aromatic rings. The van der Waals surface area contributed by atoms with Crippen LogP contribution in [-0.4, -0.2) is 30.9 Å². The van der Waals surface area contributed by atoms with E-state index in [1.807, 2.05) is 0 Å². The van der Waals surface area contributed by atoms with Crippen molar-refractivity contribution in [2.75, 3.05) is 13.1 Å². The van der Waals surface area contributed by atoms with E-state index in [1.54, 1.807) is 6.92 Å². The van der Waals surface area contributed by atoms with Gasteiger partial charge in [0.05, 0.1) is 18.0 Å². The molecule has 88 valence electrons. The molecule has 0 unspecified atom stereocenters. The van der Waals surface area contributed by atoms with Crippen molar-refractivity contribution in [2.45, 2.75) is 18.4 Å². The van der Waals surface area contributed by atoms with E-state index in [4.69, 9.17) is 11.5 Å². The van der Waals surface area contributed by atoms with Crippen molar-refractivity contribution in [1.82, 2.24) is 4.31 Å². The quantitative estimate of drug-likeness (QED) is 0.799. The van der Waals surface area contributed by atoms with E-state index in [0.29, 0.717) is 11.4 Å². The predicted octanol–water partition coefficient (Wildman–Crippen LogP) is 0.884. The lowest BCUT2D eigenvalue weighted by molar-refractivity contribution is 0.285. The fourth-order valence-corrected chi connectivity index (χ4v) is 3.68. The average Bonchev–Trinajstić information content (AvgIpc) is 2.74. The van der Waals surface area contributed by atoms with Crippen molar-refractivity contribution in [2.24, 2.45) is 0 Å². The summed E-state index contributed by atoms with van der Waals surface area (Å²) in [6.07, 6.45) is 5.12. The zero-order chi connectivity index (χ0) is 12.2.